The third-order valence-corrected chi connectivity index (χ3v) is 3.14. The molecule has 0 aromatic rings. The lowest BCUT2D eigenvalue weighted by Crippen LogP contribution is -2.30. The van der Waals surface area contributed by atoms with Gasteiger partial charge in [0, 0.05) is 18.8 Å². The normalized spacial score (nSPS) is 14.0. The van der Waals surface area contributed by atoms with Gasteiger partial charge in [-0.25, -0.2) is 0 Å². The number of hydrogen-bond donors (Lipinski definition) is 0. The maximum absolute atomic E-state index is 12.1. The minimum atomic E-state index is -0.927. The molecule has 110 valence electrons. The van der Waals surface area contributed by atoms with Crippen molar-refractivity contribution in [1.29, 1.82) is 0 Å². The molecule has 0 rings (SSSR count). The molecule has 0 aliphatic carbocycles. The van der Waals surface area contributed by atoms with Gasteiger partial charge in [0.2, 0.25) is 0 Å². The van der Waals surface area contributed by atoms with Crippen molar-refractivity contribution < 1.29 is 19.1 Å². The lowest BCUT2D eigenvalue weighted by Gasteiger charge is -2.16. The smallest absolute Gasteiger partial charge is 0.316 e. The van der Waals surface area contributed by atoms with Crippen LogP contribution in [0.25, 0.3) is 0 Å². The second-order valence-electron chi connectivity index (χ2n) is 5.35. The van der Waals surface area contributed by atoms with E-state index in [0.717, 1.165) is 0 Å². The molecule has 0 spiro atoms. The molecule has 0 fully saturated rings. The monoisotopic (exact) mass is 270 g/mol. The minimum Gasteiger partial charge on any atom is -0.465 e. The van der Waals surface area contributed by atoms with Crippen molar-refractivity contribution in [3.63, 3.8) is 0 Å². The van der Waals surface area contributed by atoms with Gasteiger partial charge in [0.25, 0.3) is 0 Å². The molecular weight excluding hydrogens is 244 g/mol. The molecule has 2 atom stereocenters. The molecule has 0 aromatic heterocycles. The molecule has 0 amide bonds. The minimum absolute atomic E-state index is 0.0284. The van der Waals surface area contributed by atoms with E-state index < -0.39 is 11.9 Å². The van der Waals surface area contributed by atoms with Crippen LogP contribution in [0, 0.1) is 17.8 Å². The van der Waals surface area contributed by atoms with Gasteiger partial charge in [-0.3, -0.25) is 14.4 Å². The van der Waals surface area contributed by atoms with Gasteiger partial charge < -0.3 is 4.74 Å². The highest BCUT2D eigenvalue weighted by Gasteiger charge is 2.31. The van der Waals surface area contributed by atoms with Crippen LogP contribution in [0.4, 0.5) is 0 Å². The van der Waals surface area contributed by atoms with E-state index in [-0.39, 0.29) is 36.4 Å². The molecule has 0 aliphatic rings. The van der Waals surface area contributed by atoms with E-state index in [0.29, 0.717) is 12.8 Å². The summed E-state index contributed by atoms with van der Waals surface area (Å²) in [6.45, 7) is 9.47. The van der Waals surface area contributed by atoms with Crippen LogP contribution in [-0.2, 0) is 19.1 Å². The van der Waals surface area contributed by atoms with Gasteiger partial charge in [0.05, 0.1) is 6.61 Å². The standard InChI is InChI=1S/C15H26O4/c1-6-11(5)13(16)9-12(15(18)19-7-2)14(17)8-10(3)4/h10-12H,6-9H2,1-5H3. The van der Waals surface area contributed by atoms with Crippen molar-refractivity contribution in [2.24, 2.45) is 17.8 Å². The Labute approximate surface area is 115 Å². The van der Waals surface area contributed by atoms with E-state index in [9.17, 15) is 14.4 Å². The number of ketones is 2. The summed E-state index contributed by atoms with van der Waals surface area (Å²) < 4.78 is 4.91. The molecule has 4 heteroatoms. The van der Waals surface area contributed by atoms with Crippen molar-refractivity contribution in [2.45, 2.75) is 53.9 Å². The first-order chi connectivity index (χ1) is 8.83. The summed E-state index contributed by atoms with van der Waals surface area (Å²) in [5.41, 5.74) is 0. The summed E-state index contributed by atoms with van der Waals surface area (Å²) in [6, 6.07) is 0. The number of carbonyl (C=O) groups is 3. The van der Waals surface area contributed by atoms with Gasteiger partial charge in [-0.1, -0.05) is 27.7 Å². The van der Waals surface area contributed by atoms with Crippen LogP contribution in [0.15, 0.2) is 0 Å². The molecule has 0 bridgehead atoms. The van der Waals surface area contributed by atoms with Crippen molar-refractivity contribution in [2.75, 3.05) is 6.61 Å². The number of esters is 1. The van der Waals surface area contributed by atoms with Gasteiger partial charge in [-0.15, -0.1) is 0 Å². The molecule has 0 saturated heterocycles. The van der Waals surface area contributed by atoms with E-state index in [1.54, 1.807) is 6.92 Å². The highest BCUT2D eigenvalue weighted by molar-refractivity contribution is 6.02. The third kappa shape index (κ3) is 6.50. The highest BCUT2D eigenvalue weighted by Crippen LogP contribution is 2.18. The van der Waals surface area contributed by atoms with Crippen molar-refractivity contribution in [3.05, 3.63) is 0 Å². The molecule has 0 radical (unpaired) electrons. The lowest BCUT2D eigenvalue weighted by atomic mass is 9.88. The average Bonchev–Trinajstić information content (AvgIpc) is 2.33. The molecule has 2 unspecified atom stereocenters. The zero-order valence-electron chi connectivity index (χ0n) is 12.7. The quantitative estimate of drug-likeness (QED) is 0.477. The van der Waals surface area contributed by atoms with E-state index in [1.807, 2.05) is 27.7 Å². The maximum Gasteiger partial charge on any atom is 0.316 e. The van der Waals surface area contributed by atoms with Gasteiger partial charge in [0.1, 0.15) is 17.5 Å². The summed E-state index contributed by atoms with van der Waals surface area (Å²) in [7, 11) is 0. The number of hydrogen-bond acceptors (Lipinski definition) is 4. The number of ether oxygens (including phenoxy) is 1. The van der Waals surface area contributed by atoms with Crippen LogP contribution in [0.2, 0.25) is 0 Å². The number of Topliss-reactive ketones (excluding diaryl/α,β-unsaturated/α-hetero) is 2. The largest absolute Gasteiger partial charge is 0.465 e. The van der Waals surface area contributed by atoms with Crippen molar-refractivity contribution >= 4 is 17.5 Å². The first kappa shape index (κ1) is 17.8. The van der Waals surface area contributed by atoms with Crippen LogP contribution < -0.4 is 0 Å². The summed E-state index contributed by atoms with van der Waals surface area (Å²) in [5, 5.41) is 0. The average molecular weight is 270 g/mol. The van der Waals surface area contributed by atoms with Crippen LogP contribution in [0.1, 0.15) is 53.9 Å². The molecule has 0 aliphatic heterocycles. The Morgan fingerprint density at radius 1 is 0.947 bits per heavy atom. The molecule has 19 heavy (non-hydrogen) atoms. The van der Waals surface area contributed by atoms with Gasteiger partial charge >= 0.3 is 5.97 Å². The zero-order valence-corrected chi connectivity index (χ0v) is 12.7. The Hall–Kier alpha value is -1.19. The fourth-order valence-electron chi connectivity index (χ4n) is 1.75. The molecule has 4 nitrogen and oxygen atoms in total. The van der Waals surface area contributed by atoms with Crippen LogP contribution in [-0.4, -0.2) is 24.1 Å². The predicted octanol–water partition coefficient (Wildman–Crippen LogP) is 2.79. The highest BCUT2D eigenvalue weighted by atomic mass is 16.5. The molecular formula is C15H26O4. The summed E-state index contributed by atoms with van der Waals surface area (Å²) in [4.78, 5) is 35.8. The maximum atomic E-state index is 12.1. The topological polar surface area (TPSA) is 60.4 Å². The number of carbonyl (C=O) groups excluding carboxylic acids is 3. The van der Waals surface area contributed by atoms with Crippen molar-refractivity contribution in [3.8, 4) is 0 Å². The number of rotatable bonds is 9. The van der Waals surface area contributed by atoms with Gasteiger partial charge in [-0.2, -0.15) is 0 Å². The van der Waals surface area contributed by atoms with E-state index in [4.69, 9.17) is 4.74 Å². The summed E-state index contributed by atoms with van der Waals surface area (Å²) in [5.74, 6) is -1.68. The fraction of sp³-hybridized carbons (Fsp3) is 0.800. The Bertz CT molecular complexity index is 320. The summed E-state index contributed by atoms with van der Waals surface area (Å²) in [6.07, 6.45) is 0.989. The molecule has 0 aromatic carbocycles. The first-order valence-electron chi connectivity index (χ1n) is 7.05. The SMILES string of the molecule is CCOC(=O)C(CC(=O)C(C)CC)C(=O)CC(C)C. The Kier molecular flexibility index (Phi) is 8.28. The van der Waals surface area contributed by atoms with E-state index >= 15 is 0 Å². The van der Waals surface area contributed by atoms with Gasteiger partial charge in [-0.05, 0) is 19.3 Å². The van der Waals surface area contributed by atoms with Crippen LogP contribution >= 0.6 is 0 Å². The Morgan fingerprint density at radius 3 is 1.95 bits per heavy atom. The van der Waals surface area contributed by atoms with E-state index in [1.165, 1.54) is 0 Å². The second kappa shape index (κ2) is 8.83. The molecule has 0 heterocycles. The Morgan fingerprint density at radius 2 is 1.53 bits per heavy atom. The van der Waals surface area contributed by atoms with Crippen LogP contribution in [0.5, 0.6) is 0 Å². The van der Waals surface area contributed by atoms with Crippen molar-refractivity contribution in [1.82, 2.24) is 0 Å². The van der Waals surface area contributed by atoms with E-state index in [2.05, 4.69) is 0 Å². The second-order valence-corrected chi connectivity index (χ2v) is 5.35. The lowest BCUT2D eigenvalue weighted by molar-refractivity contribution is -0.153. The van der Waals surface area contributed by atoms with Crippen LogP contribution in [0.3, 0.4) is 0 Å². The molecule has 0 N–H and O–H groups in total. The summed E-state index contributed by atoms with van der Waals surface area (Å²) >= 11 is 0. The molecule has 0 saturated carbocycles. The predicted molar refractivity (Wildman–Crippen MR) is 73.7 cm³/mol. The fourth-order valence-corrected chi connectivity index (χ4v) is 1.75. The first-order valence-corrected chi connectivity index (χ1v) is 7.05. The Balaban J connectivity index is 4.81. The van der Waals surface area contributed by atoms with Gasteiger partial charge in [0.15, 0.2) is 0 Å². The zero-order chi connectivity index (χ0) is 15.0. The third-order valence-electron chi connectivity index (χ3n) is 3.14.